The van der Waals surface area contributed by atoms with Gasteiger partial charge in [-0.05, 0) is 28.1 Å². The van der Waals surface area contributed by atoms with Gasteiger partial charge in [-0.25, -0.2) is 0 Å². The molecule has 0 aliphatic carbocycles. The van der Waals surface area contributed by atoms with E-state index in [1.54, 1.807) is 15.9 Å². The number of aromatic nitrogens is 2. The van der Waals surface area contributed by atoms with Gasteiger partial charge in [0.25, 0.3) is 11.8 Å². The minimum atomic E-state index is -0.0963. The highest BCUT2D eigenvalue weighted by Crippen LogP contribution is 2.25. The van der Waals surface area contributed by atoms with Crippen LogP contribution in [0, 0.1) is 0 Å². The quantitative estimate of drug-likeness (QED) is 0.806. The first-order chi connectivity index (χ1) is 12.6. The number of morpholine rings is 1. The third-order valence-corrected chi connectivity index (χ3v) is 5.52. The summed E-state index contributed by atoms with van der Waals surface area (Å²) in [6.45, 7) is 3.22. The summed E-state index contributed by atoms with van der Waals surface area (Å²) in [6.07, 6.45) is 0.662. The van der Waals surface area contributed by atoms with Crippen molar-refractivity contribution in [1.29, 1.82) is 0 Å². The number of nitrogens with one attached hydrogen (secondary N) is 1. The number of carbonyl (C=O) groups excluding carboxylic acids is 2. The van der Waals surface area contributed by atoms with E-state index in [4.69, 9.17) is 4.74 Å². The summed E-state index contributed by atoms with van der Waals surface area (Å²) in [7, 11) is 0. The fraction of sp³-hybridized carbons (Fsp3) is 0.389. The highest BCUT2D eigenvalue weighted by molar-refractivity contribution is 9.10. The predicted molar refractivity (Wildman–Crippen MR) is 97.9 cm³/mol. The molecule has 7 nitrogen and oxygen atoms in total. The second kappa shape index (κ2) is 7.20. The van der Waals surface area contributed by atoms with E-state index in [2.05, 4.69) is 26.1 Å². The van der Waals surface area contributed by atoms with Gasteiger partial charge in [-0.3, -0.25) is 14.7 Å². The molecule has 1 fully saturated rings. The fourth-order valence-electron chi connectivity index (χ4n) is 3.37. The number of nitrogens with zero attached hydrogens (tertiary/aromatic N) is 3. The van der Waals surface area contributed by atoms with Crippen LogP contribution in [0.15, 0.2) is 28.7 Å². The number of hydrogen-bond acceptors (Lipinski definition) is 4. The molecule has 8 heteroatoms. The molecule has 1 aromatic carbocycles. The van der Waals surface area contributed by atoms with E-state index < -0.39 is 0 Å². The first-order valence-electron chi connectivity index (χ1n) is 8.62. The molecule has 1 saturated heterocycles. The zero-order chi connectivity index (χ0) is 18.1. The summed E-state index contributed by atoms with van der Waals surface area (Å²) < 4.78 is 6.08. The molecule has 0 atom stereocenters. The second-order valence-electron chi connectivity index (χ2n) is 6.39. The average Bonchev–Trinajstić information content (AvgIpc) is 3.11. The maximum absolute atomic E-state index is 12.9. The normalized spacial score (nSPS) is 17.1. The lowest BCUT2D eigenvalue weighted by Crippen LogP contribution is -2.42. The SMILES string of the molecule is O=C(c1ccccc1Br)N1CCc2[nH]nc(C(=O)N3CCOCC3)c2C1. The van der Waals surface area contributed by atoms with Crippen molar-refractivity contribution in [2.75, 3.05) is 32.8 Å². The largest absolute Gasteiger partial charge is 0.378 e. The monoisotopic (exact) mass is 418 g/mol. The predicted octanol–water partition coefficient (Wildman–Crippen LogP) is 1.84. The lowest BCUT2D eigenvalue weighted by molar-refractivity contribution is 0.0297. The van der Waals surface area contributed by atoms with Crippen molar-refractivity contribution in [1.82, 2.24) is 20.0 Å². The van der Waals surface area contributed by atoms with E-state index in [-0.39, 0.29) is 11.8 Å². The number of carbonyl (C=O) groups is 2. The number of benzene rings is 1. The van der Waals surface area contributed by atoms with Gasteiger partial charge in [0.05, 0.1) is 25.3 Å². The van der Waals surface area contributed by atoms with Crippen LogP contribution >= 0.6 is 15.9 Å². The molecule has 1 aromatic heterocycles. The number of ether oxygens (including phenoxy) is 1. The Labute approximate surface area is 159 Å². The molecule has 2 aliphatic heterocycles. The number of halogens is 1. The van der Waals surface area contributed by atoms with Gasteiger partial charge < -0.3 is 14.5 Å². The molecule has 2 amide bonds. The summed E-state index contributed by atoms with van der Waals surface area (Å²) in [5, 5.41) is 7.23. The van der Waals surface area contributed by atoms with Gasteiger partial charge in [-0.15, -0.1) is 0 Å². The van der Waals surface area contributed by atoms with E-state index in [1.165, 1.54) is 0 Å². The third kappa shape index (κ3) is 3.14. The molecular weight excluding hydrogens is 400 g/mol. The van der Waals surface area contributed by atoms with E-state index in [0.29, 0.717) is 57.1 Å². The first-order valence-corrected chi connectivity index (χ1v) is 9.41. The molecule has 0 spiro atoms. The molecular formula is C18H19BrN4O3. The standard InChI is InChI=1S/C18H19BrN4O3/c19-14-4-2-1-3-12(14)17(24)23-6-5-15-13(11-23)16(21-20-15)18(25)22-7-9-26-10-8-22/h1-4H,5-11H2,(H,20,21). The van der Waals surface area contributed by atoms with Crippen LogP contribution in [0.2, 0.25) is 0 Å². The highest BCUT2D eigenvalue weighted by Gasteiger charge is 2.31. The van der Waals surface area contributed by atoms with E-state index in [0.717, 1.165) is 15.7 Å². The van der Waals surface area contributed by atoms with Crippen molar-refractivity contribution in [3.05, 3.63) is 51.3 Å². The Morgan fingerprint density at radius 2 is 1.85 bits per heavy atom. The van der Waals surface area contributed by atoms with Gasteiger partial charge in [0.15, 0.2) is 5.69 Å². The summed E-state index contributed by atoms with van der Waals surface area (Å²) in [5.74, 6) is -0.143. The molecule has 0 radical (unpaired) electrons. The molecule has 4 rings (SSSR count). The molecule has 2 aromatic rings. The third-order valence-electron chi connectivity index (χ3n) is 4.83. The Bertz CT molecular complexity index is 845. The van der Waals surface area contributed by atoms with Crippen molar-refractivity contribution in [2.45, 2.75) is 13.0 Å². The van der Waals surface area contributed by atoms with Crippen molar-refractivity contribution in [2.24, 2.45) is 0 Å². The van der Waals surface area contributed by atoms with Crippen LogP contribution in [0.5, 0.6) is 0 Å². The number of hydrogen-bond donors (Lipinski definition) is 1. The van der Waals surface area contributed by atoms with Crippen molar-refractivity contribution in [3.8, 4) is 0 Å². The van der Waals surface area contributed by atoms with Gasteiger partial charge >= 0.3 is 0 Å². The average molecular weight is 419 g/mol. The zero-order valence-corrected chi connectivity index (χ0v) is 15.8. The molecule has 0 bridgehead atoms. The summed E-state index contributed by atoms with van der Waals surface area (Å²) in [6, 6.07) is 7.38. The second-order valence-corrected chi connectivity index (χ2v) is 7.24. The molecule has 136 valence electrons. The molecule has 26 heavy (non-hydrogen) atoms. The van der Waals surface area contributed by atoms with Crippen LogP contribution in [-0.2, 0) is 17.7 Å². The molecule has 1 N–H and O–H groups in total. The summed E-state index contributed by atoms with van der Waals surface area (Å²) >= 11 is 3.44. The number of aromatic amines is 1. The number of H-pyrrole nitrogens is 1. The van der Waals surface area contributed by atoms with Crippen molar-refractivity contribution >= 4 is 27.7 Å². The smallest absolute Gasteiger partial charge is 0.274 e. The minimum absolute atomic E-state index is 0.0471. The molecule has 3 heterocycles. The highest BCUT2D eigenvalue weighted by atomic mass is 79.9. The molecule has 0 saturated carbocycles. The van der Waals surface area contributed by atoms with E-state index >= 15 is 0 Å². The summed E-state index contributed by atoms with van der Waals surface area (Å²) in [5.41, 5.74) is 2.82. The fourth-order valence-corrected chi connectivity index (χ4v) is 3.82. The van der Waals surface area contributed by atoms with Crippen LogP contribution in [0.1, 0.15) is 32.1 Å². The zero-order valence-electron chi connectivity index (χ0n) is 14.2. The van der Waals surface area contributed by atoms with Crippen LogP contribution in [-0.4, -0.2) is 64.7 Å². The first kappa shape index (κ1) is 17.2. The van der Waals surface area contributed by atoms with Crippen LogP contribution < -0.4 is 0 Å². The lowest BCUT2D eigenvalue weighted by Gasteiger charge is -2.29. The van der Waals surface area contributed by atoms with Crippen molar-refractivity contribution < 1.29 is 14.3 Å². The molecule has 0 unspecified atom stereocenters. The van der Waals surface area contributed by atoms with Gasteiger partial charge in [-0.2, -0.15) is 5.10 Å². The maximum atomic E-state index is 12.9. The van der Waals surface area contributed by atoms with Gasteiger partial charge in [0.1, 0.15) is 0 Å². The van der Waals surface area contributed by atoms with Crippen LogP contribution in [0.25, 0.3) is 0 Å². The Balaban J connectivity index is 1.56. The van der Waals surface area contributed by atoms with E-state index in [9.17, 15) is 9.59 Å². The Hall–Kier alpha value is -2.19. The summed E-state index contributed by atoms with van der Waals surface area (Å²) in [4.78, 5) is 29.2. The van der Waals surface area contributed by atoms with E-state index in [1.807, 2.05) is 18.2 Å². The topological polar surface area (TPSA) is 78.5 Å². The van der Waals surface area contributed by atoms with Gasteiger partial charge in [0, 0.05) is 41.8 Å². The number of amides is 2. The maximum Gasteiger partial charge on any atom is 0.274 e. The minimum Gasteiger partial charge on any atom is -0.378 e. The Morgan fingerprint density at radius 3 is 2.62 bits per heavy atom. The lowest BCUT2D eigenvalue weighted by atomic mass is 10.0. The number of fused-ring (bicyclic) bond motifs is 1. The molecule has 2 aliphatic rings. The number of rotatable bonds is 2. The van der Waals surface area contributed by atoms with Crippen LogP contribution in [0.4, 0.5) is 0 Å². The van der Waals surface area contributed by atoms with Gasteiger partial charge in [0.2, 0.25) is 0 Å². The van der Waals surface area contributed by atoms with Crippen LogP contribution in [0.3, 0.4) is 0 Å². The van der Waals surface area contributed by atoms with Gasteiger partial charge in [-0.1, -0.05) is 12.1 Å². The Kier molecular flexibility index (Phi) is 4.78. The Morgan fingerprint density at radius 1 is 1.08 bits per heavy atom. The van der Waals surface area contributed by atoms with Crippen molar-refractivity contribution in [3.63, 3.8) is 0 Å².